The fourth-order valence-electron chi connectivity index (χ4n) is 5.03. The average molecular weight is 648 g/mol. The number of nitrogens with zero attached hydrogens (tertiary/aromatic N) is 6. The Labute approximate surface area is 266 Å². The van der Waals surface area contributed by atoms with Crippen LogP contribution < -0.4 is 15.0 Å². The number of nitrogens with one attached hydrogen (secondary N) is 1. The second-order valence-corrected chi connectivity index (χ2v) is 11.6. The number of benzene rings is 3. The highest BCUT2D eigenvalue weighted by Crippen LogP contribution is 2.35. The van der Waals surface area contributed by atoms with Crippen molar-refractivity contribution in [1.82, 2.24) is 20.1 Å². The van der Waals surface area contributed by atoms with Crippen LogP contribution in [-0.2, 0) is 4.79 Å². The molecule has 236 valence electrons. The number of aryl methyl sites for hydroxylation is 1. The van der Waals surface area contributed by atoms with Crippen LogP contribution >= 0.6 is 11.8 Å². The summed E-state index contributed by atoms with van der Waals surface area (Å²) in [6.07, 6.45) is -3.35. The highest BCUT2D eigenvalue weighted by Gasteiger charge is 2.33. The number of rotatable bonds is 8. The molecule has 1 aliphatic rings. The van der Waals surface area contributed by atoms with Gasteiger partial charge in [0, 0.05) is 12.1 Å². The number of amides is 3. The summed E-state index contributed by atoms with van der Waals surface area (Å²) < 4.78 is 42.6. The van der Waals surface area contributed by atoms with E-state index in [1.54, 1.807) is 24.3 Å². The fraction of sp³-hybridized carbons (Fsp3) is 0.250. The van der Waals surface area contributed by atoms with Gasteiger partial charge in [0.25, 0.3) is 0 Å². The van der Waals surface area contributed by atoms with Crippen molar-refractivity contribution in [1.29, 1.82) is 5.26 Å². The number of thioether (sulfide) groups is 1. The van der Waals surface area contributed by atoms with Gasteiger partial charge in [-0.05, 0) is 59.9 Å². The Bertz CT molecular complexity index is 1810. The Morgan fingerprint density at radius 1 is 1.13 bits per heavy atom. The molecule has 0 aliphatic carbocycles. The molecular weight excluding hydrogens is 619 g/mol. The number of anilines is 1. The molecule has 3 amide bonds. The summed E-state index contributed by atoms with van der Waals surface area (Å²) >= 11 is 1.19. The minimum Gasteiger partial charge on any atom is -0.406 e. The van der Waals surface area contributed by atoms with Gasteiger partial charge in [0.2, 0.25) is 5.91 Å². The summed E-state index contributed by atoms with van der Waals surface area (Å²) in [4.78, 5) is 35.6. The summed E-state index contributed by atoms with van der Waals surface area (Å²) in [6, 6.07) is 19.3. The Morgan fingerprint density at radius 2 is 1.85 bits per heavy atom. The van der Waals surface area contributed by atoms with E-state index in [0.717, 1.165) is 11.1 Å². The van der Waals surface area contributed by atoms with Crippen molar-refractivity contribution in [2.45, 2.75) is 39.0 Å². The van der Waals surface area contributed by atoms with Crippen LogP contribution in [0.25, 0.3) is 17.1 Å². The number of aromatic nitrogens is 3. The van der Waals surface area contributed by atoms with E-state index < -0.39 is 18.3 Å². The Kier molecular flexibility index (Phi) is 9.43. The standard InChI is InChI=1S/C32H28F3N7O3S/c1-19(2)28-20(3)5-4-6-26(28)42-27(43)17-46-31(42)39-30(44)37-16-23(15-36)21-7-9-22(10-8-21)29-38-18-41(40-29)24-11-13-25(14-12-24)45-32(33,34)35/h4-14,18-19,23H,16-17H2,1-3H3,(H,37,44). The number of hydrogen-bond donors (Lipinski definition) is 1. The van der Waals surface area contributed by atoms with Crippen molar-refractivity contribution in [2.24, 2.45) is 4.99 Å². The molecule has 1 aliphatic heterocycles. The molecule has 46 heavy (non-hydrogen) atoms. The molecule has 1 atom stereocenters. The van der Waals surface area contributed by atoms with Gasteiger partial charge in [-0.15, -0.1) is 18.3 Å². The van der Waals surface area contributed by atoms with Gasteiger partial charge >= 0.3 is 12.4 Å². The van der Waals surface area contributed by atoms with E-state index >= 15 is 0 Å². The second kappa shape index (κ2) is 13.5. The lowest BCUT2D eigenvalue weighted by Gasteiger charge is -2.23. The molecule has 0 bridgehead atoms. The summed E-state index contributed by atoms with van der Waals surface area (Å²) in [5.41, 5.74) is 4.53. The lowest BCUT2D eigenvalue weighted by atomic mass is 9.95. The molecule has 10 nitrogen and oxygen atoms in total. The lowest BCUT2D eigenvalue weighted by molar-refractivity contribution is -0.274. The minimum atomic E-state index is -4.78. The molecule has 5 rings (SSSR count). The van der Waals surface area contributed by atoms with Crippen molar-refractivity contribution in [2.75, 3.05) is 17.2 Å². The molecular formula is C32H28F3N7O3S. The quantitative estimate of drug-likeness (QED) is 0.225. The van der Waals surface area contributed by atoms with Crippen molar-refractivity contribution >= 4 is 34.6 Å². The molecule has 4 aromatic rings. The number of carbonyl (C=O) groups excluding carboxylic acids is 2. The number of ether oxygens (including phenoxy) is 1. The Hall–Kier alpha value is -5.16. The van der Waals surface area contributed by atoms with Gasteiger partial charge in [0.15, 0.2) is 11.0 Å². The van der Waals surface area contributed by atoms with E-state index in [1.165, 1.54) is 51.9 Å². The first-order valence-electron chi connectivity index (χ1n) is 14.1. The summed E-state index contributed by atoms with van der Waals surface area (Å²) in [5, 5.41) is 17.2. The zero-order valence-corrected chi connectivity index (χ0v) is 25.8. The predicted molar refractivity (Wildman–Crippen MR) is 168 cm³/mol. The minimum absolute atomic E-state index is 0.00725. The topological polar surface area (TPSA) is 126 Å². The molecule has 0 saturated carbocycles. The van der Waals surface area contributed by atoms with Gasteiger partial charge in [-0.3, -0.25) is 9.69 Å². The molecule has 2 heterocycles. The third-order valence-electron chi connectivity index (χ3n) is 7.09. The molecule has 0 spiro atoms. The lowest BCUT2D eigenvalue weighted by Crippen LogP contribution is -2.33. The maximum Gasteiger partial charge on any atom is 0.573 e. The summed E-state index contributed by atoms with van der Waals surface area (Å²) in [7, 11) is 0. The van der Waals surface area contributed by atoms with E-state index in [0.29, 0.717) is 28.3 Å². The van der Waals surface area contributed by atoms with E-state index in [4.69, 9.17) is 0 Å². The van der Waals surface area contributed by atoms with Gasteiger partial charge in [0.05, 0.1) is 29.1 Å². The van der Waals surface area contributed by atoms with Crippen LogP contribution in [0.3, 0.4) is 0 Å². The van der Waals surface area contributed by atoms with Crippen LogP contribution in [0, 0.1) is 18.3 Å². The Balaban J connectivity index is 1.23. The fourth-order valence-corrected chi connectivity index (χ4v) is 5.89. The number of nitriles is 1. The molecule has 1 N–H and O–H groups in total. The number of amidine groups is 1. The number of carbonyl (C=O) groups is 2. The highest BCUT2D eigenvalue weighted by atomic mass is 32.2. The zero-order valence-electron chi connectivity index (χ0n) is 24.9. The monoisotopic (exact) mass is 647 g/mol. The van der Waals surface area contributed by atoms with Crippen LogP contribution in [0.5, 0.6) is 5.75 Å². The van der Waals surface area contributed by atoms with E-state index in [-0.39, 0.29) is 35.0 Å². The smallest absolute Gasteiger partial charge is 0.406 e. The molecule has 1 aromatic heterocycles. The zero-order chi connectivity index (χ0) is 33.0. The van der Waals surface area contributed by atoms with Crippen LogP contribution in [0.4, 0.5) is 23.7 Å². The van der Waals surface area contributed by atoms with E-state index in [2.05, 4.69) is 31.2 Å². The van der Waals surface area contributed by atoms with Crippen LogP contribution in [0.2, 0.25) is 0 Å². The van der Waals surface area contributed by atoms with E-state index in [9.17, 15) is 28.0 Å². The number of alkyl halides is 3. The SMILES string of the molecule is Cc1cccc(N2C(=O)CSC2=NC(=O)NCC(C#N)c2ccc(-c3ncn(-c4ccc(OC(F)(F)F)cc4)n3)cc2)c1C(C)C. The summed E-state index contributed by atoms with van der Waals surface area (Å²) in [5.74, 6) is -0.504. The third-order valence-corrected chi connectivity index (χ3v) is 8.02. The maximum atomic E-state index is 12.8. The first-order valence-corrected chi connectivity index (χ1v) is 15.1. The molecule has 0 radical (unpaired) electrons. The third kappa shape index (κ3) is 7.37. The van der Waals surface area contributed by atoms with Crippen LogP contribution in [-0.4, -0.2) is 50.5 Å². The molecule has 1 saturated heterocycles. The van der Waals surface area contributed by atoms with Crippen LogP contribution in [0.15, 0.2) is 78.0 Å². The van der Waals surface area contributed by atoms with Crippen molar-refractivity contribution in [3.63, 3.8) is 0 Å². The average Bonchev–Trinajstić information content (AvgIpc) is 3.64. The van der Waals surface area contributed by atoms with Gasteiger partial charge in [-0.2, -0.15) is 10.3 Å². The van der Waals surface area contributed by atoms with Crippen molar-refractivity contribution in [3.8, 4) is 28.9 Å². The largest absolute Gasteiger partial charge is 0.573 e. The van der Waals surface area contributed by atoms with Crippen LogP contribution in [0.1, 0.15) is 42.4 Å². The molecule has 3 aromatic carbocycles. The number of aliphatic imine (C=N–C) groups is 1. The van der Waals surface area contributed by atoms with Gasteiger partial charge in [0.1, 0.15) is 12.1 Å². The van der Waals surface area contributed by atoms with Crippen molar-refractivity contribution < 1.29 is 27.5 Å². The first kappa shape index (κ1) is 32.2. The molecule has 1 fully saturated rings. The Morgan fingerprint density at radius 3 is 2.50 bits per heavy atom. The van der Waals surface area contributed by atoms with E-state index in [1.807, 2.05) is 39.0 Å². The predicted octanol–water partition coefficient (Wildman–Crippen LogP) is 6.72. The van der Waals surface area contributed by atoms with Gasteiger partial charge < -0.3 is 10.1 Å². The second-order valence-electron chi connectivity index (χ2n) is 10.6. The normalized spacial score (nSPS) is 14.9. The van der Waals surface area contributed by atoms with Gasteiger partial charge in [-0.1, -0.05) is 62.0 Å². The molecule has 1 unspecified atom stereocenters. The number of halogens is 3. The van der Waals surface area contributed by atoms with Crippen molar-refractivity contribution in [3.05, 3.63) is 89.7 Å². The van der Waals surface area contributed by atoms with Gasteiger partial charge in [-0.25, -0.2) is 14.5 Å². The maximum absolute atomic E-state index is 12.8. The first-order chi connectivity index (χ1) is 21.9. The number of hydrogen-bond acceptors (Lipinski definition) is 7. The number of urea groups is 1. The summed E-state index contributed by atoms with van der Waals surface area (Å²) in [6.45, 7) is 6.07. The highest BCUT2D eigenvalue weighted by molar-refractivity contribution is 8.15. The molecule has 14 heteroatoms.